The van der Waals surface area contributed by atoms with Gasteiger partial charge in [0, 0.05) is 75.5 Å². The van der Waals surface area contributed by atoms with Gasteiger partial charge in [-0.15, -0.1) is 0 Å². The predicted octanol–water partition coefficient (Wildman–Crippen LogP) is 4.42. The first-order chi connectivity index (χ1) is 21.0. The molecule has 3 heterocycles. The van der Waals surface area contributed by atoms with Gasteiger partial charge in [-0.1, -0.05) is 66.2 Å². The van der Waals surface area contributed by atoms with E-state index in [9.17, 15) is 9.59 Å². The number of carbonyl (C=O) groups excluding carboxylic acids is 2. The summed E-state index contributed by atoms with van der Waals surface area (Å²) in [6.45, 7) is 7.05. The Morgan fingerprint density at radius 1 is 0.930 bits per heavy atom. The highest BCUT2D eigenvalue weighted by atomic mass is 35.5. The lowest BCUT2D eigenvalue weighted by molar-refractivity contribution is -0.128. The Bertz CT molecular complexity index is 1410. The smallest absolute Gasteiger partial charge is 0.237 e. The molecule has 8 heteroatoms. The first-order valence-electron chi connectivity index (χ1n) is 15.7. The lowest BCUT2D eigenvalue weighted by Gasteiger charge is -2.38. The van der Waals surface area contributed by atoms with Crippen LogP contribution in [0.2, 0.25) is 5.02 Å². The van der Waals surface area contributed by atoms with Gasteiger partial charge in [0.05, 0.1) is 6.04 Å². The third-order valence-electron chi connectivity index (χ3n) is 9.17. The average Bonchev–Trinajstić information content (AvgIpc) is 3.45. The second kappa shape index (κ2) is 13.9. The summed E-state index contributed by atoms with van der Waals surface area (Å²) in [7, 11) is 0. The fourth-order valence-electron chi connectivity index (χ4n) is 6.65. The molecular weight excluding hydrogens is 558 g/mol. The summed E-state index contributed by atoms with van der Waals surface area (Å²) in [5, 5.41) is 7.56. The molecule has 3 aliphatic heterocycles. The molecule has 6 rings (SSSR count). The molecule has 0 radical (unpaired) electrons. The summed E-state index contributed by atoms with van der Waals surface area (Å²) >= 11 is 6.15. The maximum absolute atomic E-state index is 13.5. The van der Waals surface area contributed by atoms with Gasteiger partial charge >= 0.3 is 0 Å². The predicted molar refractivity (Wildman–Crippen MR) is 172 cm³/mol. The molecule has 2 amide bonds. The van der Waals surface area contributed by atoms with Crippen LogP contribution in [0.5, 0.6) is 0 Å². The molecule has 43 heavy (non-hydrogen) atoms. The standard InChI is InChI=1S/C35H42ClN5O2/c36-30-13-11-26(12-14-30)22-31(38-35(43)32-23-27-6-1-2-7-28(27)24-37-32)15-17-39-18-20-40(21-19-39)33-9-4-3-8-29(33)25-41-16-5-10-34(41)42/h1-4,6-9,11-14,31-32,37H,5,10,15-25H2,(H,38,43)/t31-,32-/m1/s1. The number of fused-ring (bicyclic) bond motifs is 1. The maximum Gasteiger partial charge on any atom is 0.237 e. The first-order valence-corrected chi connectivity index (χ1v) is 16.1. The molecule has 2 saturated heterocycles. The van der Waals surface area contributed by atoms with E-state index in [0.29, 0.717) is 19.4 Å². The highest BCUT2D eigenvalue weighted by Crippen LogP contribution is 2.25. The zero-order valence-electron chi connectivity index (χ0n) is 24.8. The number of para-hydroxylation sites is 1. The van der Waals surface area contributed by atoms with Gasteiger partial charge in [-0.25, -0.2) is 0 Å². The number of carbonyl (C=O) groups is 2. The van der Waals surface area contributed by atoms with E-state index < -0.39 is 0 Å². The summed E-state index contributed by atoms with van der Waals surface area (Å²) in [6, 6.07) is 24.7. The largest absolute Gasteiger partial charge is 0.369 e. The maximum atomic E-state index is 13.5. The molecule has 2 fully saturated rings. The van der Waals surface area contributed by atoms with Crippen LogP contribution >= 0.6 is 11.6 Å². The van der Waals surface area contributed by atoms with Crippen molar-refractivity contribution in [2.75, 3.05) is 44.2 Å². The quantitative estimate of drug-likeness (QED) is 0.361. The van der Waals surface area contributed by atoms with Crippen molar-refractivity contribution in [2.24, 2.45) is 0 Å². The average molecular weight is 600 g/mol. The summed E-state index contributed by atoms with van der Waals surface area (Å²) in [5.74, 6) is 0.343. The van der Waals surface area contributed by atoms with Crippen LogP contribution in [0.15, 0.2) is 72.8 Å². The summed E-state index contributed by atoms with van der Waals surface area (Å²) in [5.41, 5.74) is 6.18. The third kappa shape index (κ3) is 7.58. The number of nitrogens with one attached hydrogen (secondary N) is 2. The first kappa shape index (κ1) is 29.7. The van der Waals surface area contributed by atoms with E-state index in [1.165, 1.54) is 27.9 Å². The molecule has 0 spiro atoms. The number of hydrogen-bond donors (Lipinski definition) is 2. The zero-order valence-corrected chi connectivity index (χ0v) is 25.6. The molecular formula is C35H42ClN5O2. The minimum atomic E-state index is -0.220. The van der Waals surface area contributed by atoms with Gasteiger partial charge in [0.25, 0.3) is 0 Å². The van der Waals surface area contributed by atoms with E-state index in [-0.39, 0.29) is 23.9 Å². The van der Waals surface area contributed by atoms with Crippen LogP contribution < -0.4 is 15.5 Å². The topological polar surface area (TPSA) is 67.9 Å². The van der Waals surface area contributed by atoms with Gasteiger partial charge in [0.2, 0.25) is 11.8 Å². The molecule has 2 N–H and O–H groups in total. The fourth-order valence-corrected chi connectivity index (χ4v) is 6.78. The van der Waals surface area contributed by atoms with Gasteiger partial charge in [-0.3, -0.25) is 14.5 Å². The second-order valence-corrected chi connectivity index (χ2v) is 12.5. The van der Waals surface area contributed by atoms with Gasteiger partial charge in [-0.05, 0) is 66.1 Å². The minimum absolute atomic E-state index is 0.0319. The van der Waals surface area contributed by atoms with E-state index in [2.05, 4.69) is 81.1 Å². The molecule has 3 aliphatic rings. The highest BCUT2D eigenvalue weighted by molar-refractivity contribution is 6.30. The SMILES string of the molecule is O=C(N[C@H](CCN1CCN(c2ccccc2CN2CCCC2=O)CC1)Cc1ccc(Cl)cc1)[C@H]1Cc2ccccc2CN1. The molecule has 0 saturated carbocycles. The molecule has 2 atom stereocenters. The Morgan fingerprint density at radius 3 is 2.44 bits per heavy atom. The number of nitrogens with zero attached hydrogens (tertiary/aromatic N) is 3. The zero-order chi connectivity index (χ0) is 29.6. The van der Waals surface area contributed by atoms with E-state index in [1.807, 2.05) is 17.0 Å². The van der Waals surface area contributed by atoms with Gasteiger partial charge in [0.1, 0.15) is 0 Å². The van der Waals surface area contributed by atoms with Crippen LogP contribution in [0.1, 0.15) is 41.5 Å². The number of rotatable bonds is 10. The van der Waals surface area contributed by atoms with E-state index in [4.69, 9.17) is 11.6 Å². The number of halogens is 1. The van der Waals surface area contributed by atoms with Crippen LogP contribution in [0.4, 0.5) is 5.69 Å². The Labute approximate surface area is 260 Å². The lowest BCUT2D eigenvalue weighted by Crippen LogP contribution is -2.52. The number of hydrogen-bond acceptors (Lipinski definition) is 5. The number of piperazine rings is 1. The van der Waals surface area contributed by atoms with Crippen LogP contribution in [-0.4, -0.2) is 73.0 Å². The van der Waals surface area contributed by atoms with E-state index >= 15 is 0 Å². The normalized spacial score (nSPS) is 19.7. The number of anilines is 1. The van der Waals surface area contributed by atoms with Crippen LogP contribution in [0.3, 0.4) is 0 Å². The lowest BCUT2D eigenvalue weighted by atomic mass is 9.95. The van der Waals surface area contributed by atoms with Crippen molar-refractivity contribution < 1.29 is 9.59 Å². The van der Waals surface area contributed by atoms with Crippen molar-refractivity contribution in [1.29, 1.82) is 0 Å². The van der Waals surface area contributed by atoms with Crippen molar-refractivity contribution in [3.05, 3.63) is 100 Å². The third-order valence-corrected chi connectivity index (χ3v) is 9.42. The van der Waals surface area contributed by atoms with Gasteiger partial charge < -0.3 is 20.4 Å². The van der Waals surface area contributed by atoms with Crippen molar-refractivity contribution in [3.63, 3.8) is 0 Å². The van der Waals surface area contributed by atoms with E-state index in [0.717, 1.165) is 70.1 Å². The van der Waals surface area contributed by atoms with Crippen molar-refractivity contribution >= 4 is 29.1 Å². The summed E-state index contributed by atoms with van der Waals surface area (Å²) < 4.78 is 0. The molecule has 226 valence electrons. The highest BCUT2D eigenvalue weighted by Gasteiger charge is 2.27. The van der Waals surface area contributed by atoms with Crippen LogP contribution in [0, 0.1) is 0 Å². The second-order valence-electron chi connectivity index (χ2n) is 12.1. The Balaban J connectivity index is 1.05. The number of likely N-dealkylation sites (tertiary alicyclic amines) is 1. The van der Waals surface area contributed by atoms with Crippen LogP contribution in [0.25, 0.3) is 0 Å². The van der Waals surface area contributed by atoms with Crippen molar-refractivity contribution in [2.45, 2.75) is 57.3 Å². The van der Waals surface area contributed by atoms with Gasteiger partial charge in [0.15, 0.2) is 0 Å². The Hall–Kier alpha value is -3.39. The monoisotopic (exact) mass is 599 g/mol. The van der Waals surface area contributed by atoms with Crippen molar-refractivity contribution in [3.8, 4) is 0 Å². The van der Waals surface area contributed by atoms with Gasteiger partial charge in [-0.2, -0.15) is 0 Å². The molecule has 3 aromatic rings. The Kier molecular flexibility index (Phi) is 9.61. The molecule has 0 unspecified atom stereocenters. The fraction of sp³-hybridized carbons (Fsp3) is 0.429. The van der Waals surface area contributed by atoms with Crippen LogP contribution in [-0.2, 0) is 35.5 Å². The van der Waals surface area contributed by atoms with E-state index in [1.54, 1.807) is 0 Å². The summed E-state index contributed by atoms with van der Waals surface area (Å²) in [6.07, 6.45) is 4.00. The van der Waals surface area contributed by atoms with Crippen molar-refractivity contribution in [1.82, 2.24) is 20.4 Å². The number of benzene rings is 3. The number of amides is 2. The summed E-state index contributed by atoms with van der Waals surface area (Å²) in [4.78, 5) is 32.7. The molecule has 3 aromatic carbocycles. The molecule has 0 aliphatic carbocycles. The molecule has 0 bridgehead atoms. The minimum Gasteiger partial charge on any atom is -0.369 e. The molecule has 7 nitrogen and oxygen atoms in total. The Morgan fingerprint density at radius 2 is 1.67 bits per heavy atom. The molecule has 0 aromatic heterocycles.